The second-order valence-corrected chi connectivity index (χ2v) is 10.4. The van der Waals surface area contributed by atoms with E-state index in [1.807, 2.05) is 36.4 Å². The molecule has 0 unspecified atom stereocenters. The molecule has 1 aliphatic heterocycles. The number of aliphatic hydroxyl groups excluding tert-OH is 1. The van der Waals surface area contributed by atoms with Crippen molar-refractivity contribution < 1.29 is 24.1 Å². The van der Waals surface area contributed by atoms with Crippen molar-refractivity contribution in [2.24, 2.45) is 11.8 Å². The lowest BCUT2D eigenvalue weighted by atomic mass is 10.0. The van der Waals surface area contributed by atoms with Crippen molar-refractivity contribution in [3.8, 4) is 0 Å². The van der Waals surface area contributed by atoms with Crippen LogP contribution in [0.4, 0.5) is 0 Å². The third-order valence-corrected chi connectivity index (χ3v) is 8.27. The average Bonchev–Trinajstić information content (AvgIpc) is 3.41. The first-order chi connectivity index (χ1) is 15.6. The van der Waals surface area contributed by atoms with Gasteiger partial charge in [-0.05, 0) is 29.4 Å². The molecule has 5 rings (SSSR count). The van der Waals surface area contributed by atoms with Crippen molar-refractivity contribution >= 4 is 15.9 Å². The van der Waals surface area contributed by atoms with Gasteiger partial charge in [-0.3, -0.25) is 0 Å². The number of alkyl halides is 1. The molecule has 0 radical (unpaired) electrons. The fraction of sp³-hybridized carbons (Fsp3) is 0.538. The number of halogens is 1. The van der Waals surface area contributed by atoms with E-state index in [4.69, 9.17) is 18.9 Å². The topological polar surface area (TPSA) is 57.2 Å². The predicted octanol–water partition coefficient (Wildman–Crippen LogP) is 4.45. The Morgan fingerprint density at radius 1 is 0.844 bits per heavy atom. The molecule has 6 heteroatoms. The highest BCUT2D eigenvalue weighted by molar-refractivity contribution is 9.09. The van der Waals surface area contributed by atoms with Crippen LogP contribution in [0.2, 0.25) is 0 Å². The van der Waals surface area contributed by atoms with Crippen LogP contribution in [-0.4, -0.2) is 47.2 Å². The van der Waals surface area contributed by atoms with Crippen molar-refractivity contribution in [3.05, 3.63) is 71.8 Å². The average molecular weight is 503 g/mol. The number of fused-ring (bicyclic) bond motifs is 1. The molecule has 1 saturated heterocycles. The number of hydrogen-bond acceptors (Lipinski definition) is 5. The number of hydrogen-bond donors (Lipinski definition) is 1. The minimum Gasteiger partial charge on any atom is -0.392 e. The minimum atomic E-state index is -0.594. The van der Waals surface area contributed by atoms with E-state index in [1.165, 1.54) is 0 Å². The van der Waals surface area contributed by atoms with Crippen LogP contribution >= 0.6 is 15.9 Å². The summed E-state index contributed by atoms with van der Waals surface area (Å²) in [5.74, 6) is 0.201. The van der Waals surface area contributed by atoms with E-state index in [9.17, 15) is 5.11 Å². The van der Waals surface area contributed by atoms with E-state index in [1.54, 1.807) is 0 Å². The van der Waals surface area contributed by atoms with Gasteiger partial charge in [-0.25, -0.2) is 0 Å². The molecule has 6 atom stereocenters. The van der Waals surface area contributed by atoms with Gasteiger partial charge in [-0.15, -0.1) is 0 Å². The molecule has 1 N–H and O–H groups in total. The first kappa shape index (κ1) is 22.5. The number of ether oxygens (including phenoxy) is 4. The third kappa shape index (κ3) is 4.96. The van der Waals surface area contributed by atoms with Crippen LogP contribution in [0.25, 0.3) is 0 Å². The summed E-state index contributed by atoms with van der Waals surface area (Å²) in [6, 6.07) is 20.3. The Kier molecular flexibility index (Phi) is 6.98. The summed E-state index contributed by atoms with van der Waals surface area (Å²) in [5.41, 5.74) is 2.29. The van der Waals surface area contributed by atoms with Crippen molar-refractivity contribution in [2.45, 2.75) is 61.4 Å². The lowest BCUT2D eigenvalue weighted by Gasteiger charge is -2.25. The van der Waals surface area contributed by atoms with Crippen LogP contribution in [0.15, 0.2) is 60.7 Å². The minimum absolute atomic E-state index is 0.111. The fourth-order valence-corrected chi connectivity index (χ4v) is 6.29. The monoisotopic (exact) mass is 502 g/mol. The molecule has 172 valence electrons. The molecule has 3 fully saturated rings. The van der Waals surface area contributed by atoms with Crippen LogP contribution in [0.3, 0.4) is 0 Å². The molecule has 0 amide bonds. The van der Waals surface area contributed by atoms with Gasteiger partial charge in [0.25, 0.3) is 0 Å². The van der Waals surface area contributed by atoms with Gasteiger partial charge in [0, 0.05) is 17.7 Å². The Bertz CT molecular complexity index is 810. The van der Waals surface area contributed by atoms with Crippen molar-refractivity contribution in [2.75, 3.05) is 13.2 Å². The van der Waals surface area contributed by atoms with Crippen LogP contribution in [0.1, 0.15) is 30.4 Å². The van der Waals surface area contributed by atoms with Gasteiger partial charge >= 0.3 is 0 Å². The SMILES string of the molecule is O[C@H]1C[C@@H]2CC3(C[C@@H]2[C@H]1Br)O[C@@H](COCc1ccccc1)[C@H](COCc1ccccc1)O3. The Hall–Kier alpha value is -1.28. The van der Waals surface area contributed by atoms with Gasteiger partial charge in [0.1, 0.15) is 12.2 Å². The zero-order valence-corrected chi connectivity index (χ0v) is 19.7. The van der Waals surface area contributed by atoms with E-state index >= 15 is 0 Å². The Morgan fingerprint density at radius 3 is 1.88 bits per heavy atom. The normalized spacial score (nSPS) is 33.1. The summed E-state index contributed by atoms with van der Waals surface area (Å²) >= 11 is 3.70. The summed E-state index contributed by atoms with van der Waals surface area (Å²) in [5, 5.41) is 10.2. The molecule has 2 aromatic carbocycles. The molecule has 1 spiro atoms. The smallest absolute Gasteiger partial charge is 0.170 e. The summed E-state index contributed by atoms with van der Waals surface area (Å²) in [4.78, 5) is 0.111. The number of rotatable bonds is 8. The van der Waals surface area contributed by atoms with Crippen molar-refractivity contribution in [1.82, 2.24) is 0 Å². The quantitative estimate of drug-likeness (QED) is 0.540. The van der Waals surface area contributed by atoms with Gasteiger partial charge < -0.3 is 24.1 Å². The Morgan fingerprint density at radius 2 is 1.38 bits per heavy atom. The zero-order chi connectivity index (χ0) is 22.0. The lowest BCUT2D eigenvalue weighted by Crippen LogP contribution is -2.31. The van der Waals surface area contributed by atoms with E-state index < -0.39 is 5.79 Å². The van der Waals surface area contributed by atoms with Crippen LogP contribution in [0, 0.1) is 11.8 Å². The van der Waals surface area contributed by atoms with Crippen LogP contribution < -0.4 is 0 Å². The highest BCUT2D eigenvalue weighted by atomic mass is 79.9. The molecule has 0 bridgehead atoms. The van der Waals surface area contributed by atoms with E-state index in [2.05, 4.69) is 40.2 Å². The fourth-order valence-electron chi connectivity index (χ4n) is 5.46. The highest BCUT2D eigenvalue weighted by Gasteiger charge is 2.59. The molecular formula is C26H31BrO5. The number of aliphatic hydroxyl groups is 1. The molecule has 3 aliphatic rings. The van der Waals surface area contributed by atoms with Gasteiger partial charge in [-0.1, -0.05) is 76.6 Å². The molecule has 1 heterocycles. The first-order valence-corrected chi connectivity index (χ1v) is 12.4. The molecule has 0 aromatic heterocycles. The van der Waals surface area contributed by atoms with Crippen molar-refractivity contribution in [3.63, 3.8) is 0 Å². The lowest BCUT2D eigenvalue weighted by molar-refractivity contribution is -0.181. The molecule has 2 saturated carbocycles. The highest BCUT2D eigenvalue weighted by Crippen LogP contribution is 2.55. The van der Waals surface area contributed by atoms with E-state index in [0.29, 0.717) is 38.3 Å². The summed E-state index contributed by atoms with van der Waals surface area (Å²) in [6.45, 7) is 2.02. The first-order valence-electron chi connectivity index (χ1n) is 11.5. The second kappa shape index (κ2) is 9.92. The van der Waals surface area contributed by atoms with Gasteiger partial charge in [0.05, 0.1) is 32.5 Å². The maximum atomic E-state index is 10.2. The Balaban J connectivity index is 1.21. The molecule has 32 heavy (non-hydrogen) atoms. The van der Waals surface area contributed by atoms with Gasteiger partial charge in [0.2, 0.25) is 0 Å². The van der Waals surface area contributed by atoms with Gasteiger partial charge in [-0.2, -0.15) is 0 Å². The maximum Gasteiger partial charge on any atom is 0.170 e. The molecule has 2 aliphatic carbocycles. The predicted molar refractivity (Wildman–Crippen MR) is 124 cm³/mol. The second-order valence-electron chi connectivity index (χ2n) is 9.30. The third-order valence-electron chi connectivity index (χ3n) is 6.98. The Labute approximate surface area is 198 Å². The van der Waals surface area contributed by atoms with Crippen molar-refractivity contribution in [1.29, 1.82) is 0 Å². The maximum absolute atomic E-state index is 10.2. The zero-order valence-electron chi connectivity index (χ0n) is 18.1. The standard InChI is InChI=1S/C26H31BrO5/c27-25-21-13-26(12-20(21)11-22(25)28)31-23(16-29-14-18-7-3-1-4-8-18)24(32-26)17-30-15-19-9-5-2-6-10-19/h1-10,20-25,28H,11-17H2/t20-,21+,22+,23+,24+,25-/m1/s1. The van der Waals surface area contributed by atoms with E-state index in [0.717, 1.165) is 30.4 Å². The summed E-state index contributed by atoms with van der Waals surface area (Å²) < 4.78 is 25.2. The molecule has 5 nitrogen and oxygen atoms in total. The largest absolute Gasteiger partial charge is 0.392 e. The van der Waals surface area contributed by atoms with E-state index in [-0.39, 0.29) is 23.1 Å². The van der Waals surface area contributed by atoms with Crippen LogP contribution in [-0.2, 0) is 32.2 Å². The number of benzene rings is 2. The van der Waals surface area contributed by atoms with Gasteiger partial charge in [0.15, 0.2) is 5.79 Å². The summed E-state index contributed by atoms with van der Waals surface area (Å²) in [7, 11) is 0. The molecular weight excluding hydrogens is 472 g/mol. The van der Waals surface area contributed by atoms with Crippen LogP contribution in [0.5, 0.6) is 0 Å². The molecule has 2 aromatic rings. The summed E-state index contributed by atoms with van der Waals surface area (Å²) in [6.07, 6.45) is 1.80.